The lowest BCUT2D eigenvalue weighted by Gasteiger charge is -2.33. The van der Waals surface area contributed by atoms with Gasteiger partial charge in [0.15, 0.2) is 5.70 Å². The molecule has 2 aliphatic rings. The molecule has 1 unspecified atom stereocenters. The fourth-order valence-electron chi connectivity index (χ4n) is 3.74. The Hall–Kier alpha value is -3.02. The first kappa shape index (κ1) is 18.3. The van der Waals surface area contributed by atoms with E-state index in [0.717, 1.165) is 34.0 Å². The van der Waals surface area contributed by atoms with Crippen LogP contribution in [0.25, 0.3) is 11.4 Å². The minimum atomic E-state index is 0.0532. The van der Waals surface area contributed by atoms with Gasteiger partial charge < -0.3 is 10.0 Å². The molecule has 0 saturated carbocycles. The zero-order chi connectivity index (χ0) is 19.7. The number of hydrogen-bond donors (Lipinski definition) is 1. The number of aliphatic hydroxyl groups is 1. The van der Waals surface area contributed by atoms with Gasteiger partial charge in [-0.15, -0.1) is 0 Å². The van der Waals surface area contributed by atoms with Crippen LogP contribution < -0.4 is 4.90 Å². The molecule has 2 aromatic carbocycles. The van der Waals surface area contributed by atoms with E-state index in [-0.39, 0.29) is 6.61 Å². The van der Waals surface area contributed by atoms with Gasteiger partial charge in [0.2, 0.25) is 0 Å². The summed E-state index contributed by atoms with van der Waals surface area (Å²) < 4.78 is 0.380. The molecule has 2 aliphatic heterocycles. The second kappa shape index (κ2) is 7.19. The predicted molar refractivity (Wildman–Crippen MR) is 116 cm³/mol. The number of nitrogens with zero attached hydrogens (tertiary/aromatic N) is 4. The third kappa shape index (κ3) is 3.09. The molecule has 142 valence electrons. The number of fused-ring (bicyclic) bond motifs is 1. The average molecular weight is 373 g/mol. The van der Waals surface area contributed by atoms with Crippen LogP contribution in [0.2, 0.25) is 0 Å². The van der Waals surface area contributed by atoms with Gasteiger partial charge in [-0.1, -0.05) is 23.8 Å². The van der Waals surface area contributed by atoms with E-state index in [9.17, 15) is 5.11 Å². The zero-order valence-electron chi connectivity index (χ0n) is 16.5. The Labute approximate surface area is 165 Å². The number of anilines is 1. The lowest BCUT2D eigenvalue weighted by Crippen LogP contribution is -2.48. The van der Waals surface area contributed by atoms with Crippen molar-refractivity contribution in [2.45, 2.75) is 6.92 Å². The lowest BCUT2D eigenvalue weighted by atomic mass is 10.1. The van der Waals surface area contributed by atoms with Crippen molar-refractivity contribution in [1.82, 2.24) is 0 Å². The molecular weight excluding hydrogens is 348 g/mol. The molecule has 5 heteroatoms. The normalized spacial score (nSPS) is 20.4. The summed E-state index contributed by atoms with van der Waals surface area (Å²) in [5, 5.41) is 9.86. The second-order valence-electron chi connectivity index (χ2n) is 7.40. The average Bonchev–Trinajstić information content (AvgIpc) is 3.06. The van der Waals surface area contributed by atoms with E-state index < -0.39 is 0 Å². The maximum atomic E-state index is 9.86. The number of amidine groups is 1. The van der Waals surface area contributed by atoms with Crippen molar-refractivity contribution >= 4 is 29.1 Å². The molecular formula is C23H25N4O+. The minimum Gasteiger partial charge on any atom is -0.390 e. The molecule has 0 spiro atoms. The third-order valence-electron chi connectivity index (χ3n) is 5.27. The molecule has 5 nitrogen and oxygen atoms in total. The van der Waals surface area contributed by atoms with Crippen molar-refractivity contribution in [3.8, 4) is 0 Å². The van der Waals surface area contributed by atoms with Crippen molar-refractivity contribution in [2.75, 3.05) is 32.1 Å². The second-order valence-corrected chi connectivity index (χ2v) is 7.40. The minimum absolute atomic E-state index is 0.0532. The Balaban J connectivity index is 1.79. The fraction of sp³-hybridized carbons (Fsp3) is 0.217. The SMILES string of the molecule is Cc1cccc(C2=C[N+]3(CCO)C(c4ccc(N(C)C)cc4)=CN=C3C=N2)c1. The van der Waals surface area contributed by atoms with Crippen LogP contribution in [0.3, 0.4) is 0 Å². The summed E-state index contributed by atoms with van der Waals surface area (Å²) >= 11 is 0. The molecule has 0 aromatic heterocycles. The standard InChI is InChI=1S/C23H25N4O/c1-17-5-4-6-19(13-17)21-16-27(11-12-28)22(14-25-23(27)15-24-21)18-7-9-20(10-8-18)26(2)3/h4-10,13-16,28H,11-12H2,1-3H3/q+1. The van der Waals surface area contributed by atoms with E-state index in [4.69, 9.17) is 0 Å². The van der Waals surface area contributed by atoms with Crippen molar-refractivity contribution in [1.29, 1.82) is 0 Å². The molecule has 0 saturated heterocycles. The number of quaternary nitrogens is 1. The van der Waals surface area contributed by atoms with Gasteiger partial charge in [0.1, 0.15) is 24.7 Å². The van der Waals surface area contributed by atoms with Crippen LogP contribution in [0.15, 0.2) is 70.9 Å². The molecule has 0 radical (unpaired) electrons. The van der Waals surface area contributed by atoms with Gasteiger partial charge in [-0.3, -0.25) is 0 Å². The van der Waals surface area contributed by atoms with Crippen molar-refractivity contribution in [3.05, 3.63) is 77.6 Å². The highest BCUT2D eigenvalue weighted by atomic mass is 16.3. The first-order chi connectivity index (χ1) is 13.5. The lowest BCUT2D eigenvalue weighted by molar-refractivity contribution is -0.705. The van der Waals surface area contributed by atoms with E-state index in [0.29, 0.717) is 11.0 Å². The number of benzene rings is 2. The van der Waals surface area contributed by atoms with E-state index in [1.54, 1.807) is 0 Å². The van der Waals surface area contributed by atoms with E-state index >= 15 is 0 Å². The van der Waals surface area contributed by atoms with E-state index in [1.165, 1.54) is 5.56 Å². The molecule has 4 rings (SSSR count). The quantitative estimate of drug-likeness (QED) is 0.813. The molecule has 0 fully saturated rings. The van der Waals surface area contributed by atoms with Gasteiger partial charge in [0.25, 0.3) is 5.84 Å². The van der Waals surface area contributed by atoms with E-state index in [1.807, 2.05) is 32.6 Å². The van der Waals surface area contributed by atoms with Crippen LogP contribution in [-0.4, -0.2) is 48.9 Å². The summed E-state index contributed by atoms with van der Waals surface area (Å²) in [6.45, 7) is 2.65. The van der Waals surface area contributed by atoms with Gasteiger partial charge in [-0.25, -0.2) is 9.48 Å². The van der Waals surface area contributed by atoms with Gasteiger partial charge in [0.05, 0.1) is 12.8 Å². The molecule has 2 heterocycles. The third-order valence-corrected chi connectivity index (χ3v) is 5.27. The predicted octanol–water partition coefficient (Wildman–Crippen LogP) is 3.66. The monoisotopic (exact) mass is 373 g/mol. The Bertz CT molecular complexity index is 1020. The van der Waals surface area contributed by atoms with Crippen LogP contribution in [0.5, 0.6) is 0 Å². The largest absolute Gasteiger partial charge is 0.390 e. The van der Waals surface area contributed by atoms with Gasteiger partial charge in [-0.05, 0) is 37.3 Å². The highest BCUT2D eigenvalue weighted by Crippen LogP contribution is 2.38. The van der Waals surface area contributed by atoms with Crippen molar-refractivity contribution in [2.24, 2.45) is 9.98 Å². The Morgan fingerprint density at radius 3 is 2.50 bits per heavy atom. The maximum absolute atomic E-state index is 9.86. The smallest absolute Gasteiger partial charge is 0.256 e. The first-order valence-electron chi connectivity index (χ1n) is 9.43. The topological polar surface area (TPSA) is 48.2 Å². The maximum Gasteiger partial charge on any atom is 0.256 e. The molecule has 1 atom stereocenters. The van der Waals surface area contributed by atoms with Gasteiger partial charge in [0, 0.05) is 30.9 Å². The number of aliphatic imine (C=N–C) groups is 2. The first-order valence-corrected chi connectivity index (χ1v) is 9.43. The summed E-state index contributed by atoms with van der Waals surface area (Å²) in [7, 11) is 4.06. The number of aliphatic hydroxyl groups excluding tert-OH is 1. The molecule has 28 heavy (non-hydrogen) atoms. The summed E-state index contributed by atoms with van der Waals surface area (Å²) in [4.78, 5) is 11.3. The molecule has 0 amide bonds. The van der Waals surface area contributed by atoms with Gasteiger partial charge in [-0.2, -0.15) is 4.99 Å². The van der Waals surface area contributed by atoms with Crippen LogP contribution >= 0.6 is 0 Å². The molecule has 0 aliphatic carbocycles. The number of rotatable bonds is 5. The number of hydrogen-bond acceptors (Lipinski definition) is 4. The Kier molecular flexibility index (Phi) is 4.71. The number of aryl methyl sites for hydroxylation is 1. The summed E-state index contributed by atoms with van der Waals surface area (Å²) in [6, 6.07) is 16.8. The summed E-state index contributed by atoms with van der Waals surface area (Å²) in [6.07, 6.45) is 5.84. The van der Waals surface area contributed by atoms with Crippen molar-refractivity contribution < 1.29 is 9.59 Å². The molecule has 1 N–H and O–H groups in total. The van der Waals surface area contributed by atoms with Crippen LogP contribution in [0.4, 0.5) is 5.69 Å². The fourth-order valence-corrected chi connectivity index (χ4v) is 3.74. The molecule has 2 aromatic rings. The highest BCUT2D eigenvalue weighted by Gasteiger charge is 2.43. The highest BCUT2D eigenvalue weighted by molar-refractivity contribution is 6.30. The van der Waals surface area contributed by atoms with Crippen LogP contribution in [0, 0.1) is 6.92 Å². The summed E-state index contributed by atoms with van der Waals surface area (Å²) in [5.41, 5.74) is 6.44. The van der Waals surface area contributed by atoms with Crippen LogP contribution in [0.1, 0.15) is 16.7 Å². The Morgan fingerprint density at radius 2 is 1.82 bits per heavy atom. The Morgan fingerprint density at radius 1 is 1.04 bits per heavy atom. The van der Waals surface area contributed by atoms with Crippen molar-refractivity contribution in [3.63, 3.8) is 0 Å². The zero-order valence-corrected chi connectivity index (χ0v) is 16.5. The van der Waals surface area contributed by atoms with Gasteiger partial charge >= 0.3 is 0 Å². The molecule has 0 bridgehead atoms. The van der Waals surface area contributed by atoms with E-state index in [2.05, 4.69) is 70.5 Å². The van der Waals surface area contributed by atoms with Crippen LogP contribution in [-0.2, 0) is 0 Å². The summed E-state index contributed by atoms with van der Waals surface area (Å²) in [5.74, 6) is 0.831.